The van der Waals surface area contributed by atoms with Gasteiger partial charge in [-0.05, 0) is 52.9 Å². The van der Waals surface area contributed by atoms with E-state index in [2.05, 4.69) is 42.2 Å². The summed E-state index contributed by atoms with van der Waals surface area (Å²) in [4.78, 5) is 2.45. The molecule has 3 rings (SSSR count). The zero-order valence-electron chi connectivity index (χ0n) is 15.4. The minimum Gasteiger partial charge on any atom is -0.376 e. The number of hydrogen-bond acceptors (Lipinski definition) is 5. The van der Waals surface area contributed by atoms with Crippen LogP contribution < -0.4 is 0 Å². The van der Waals surface area contributed by atoms with Gasteiger partial charge in [-0.15, -0.1) is 5.10 Å². The summed E-state index contributed by atoms with van der Waals surface area (Å²) in [6.07, 6.45) is 8.61. The van der Waals surface area contributed by atoms with Gasteiger partial charge in [0.15, 0.2) is 0 Å². The number of nitrogens with zero attached hydrogens (tertiary/aromatic N) is 4. The lowest BCUT2D eigenvalue weighted by Gasteiger charge is -2.32. The van der Waals surface area contributed by atoms with Crippen LogP contribution in [0.25, 0.3) is 0 Å². The van der Waals surface area contributed by atoms with E-state index in [1.165, 1.54) is 12.8 Å². The molecule has 1 atom stereocenters. The fraction of sp³-hybridized carbons (Fsp3) is 0.889. The first-order chi connectivity index (χ1) is 11.5. The molecular weight excluding hydrogens is 304 g/mol. The summed E-state index contributed by atoms with van der Waals surface area (Å²) in [6.45, 7) is 11.1. The zero-order valence-corrected chi connectivity index (χ0v) is 15.4. The Balaban J connectivity index is 1.38. The highest BCUT2D eigenvalue weighted by Crippen LogP contribution is 2.19. The van der Waals surface area contributed by atoms with E-state index in [0.717, 1.165) is 57.8 Å². The van der Waals surface area contributed by atoms with E-state index in [4.69, 9.17) is 9.47 Å². The van der Waals surface area contributed by atoms with Gasteiger partial charge in [-0.3, -0.25) is 4.90 Å². The molecule has 24 heavy (non-hydrogen) atoms. The van der Waals surface area contributed by atoms with Crippen LogP contribution in [0, 0.1) is 0 Å². The van der Waals surface area contributed by atoms with Crippen LogP contribution in [-0.4, -0.2) is 58.4 Å². The SMILES string of the molecule is CC(C)(C)n1cc(CN2CCC(OCC3CCCCO3)CC2)nn1. The normalized spacial score (nSPS) is 24.4. The molecule has 0 amide bonds. The predicted octanol–water partition coefficient (Wildman–Crippen LogP) is 2.58. The quantitative estimate of drug-likeness (QED) is 0.827. The van der Waals surface area contributed by atoms with E-state index in [-0.39, 0.29) is 5.54 Å². The van der Waals surface area contributed by atoms with Gasteiger partial charge in [-0.2, -0.15) is 0 Å². The molecule has 1 aromatic rings. The average Bonchev–Trinajstić information content (AvgIpc) is 3.04. The molecule has 0 N–H and O–H groups in total. The third-order valence-corrected chi connectivity index (χ3v) is 4.94. The summed E-state index contributed by atoms with van der Waals surface area (Å²) in [6, 6.07) is 0. The van der Waals surface area contributed by atoms with Crippen LogP contribution >= 0.6 is 0 Å². The molecule has 0 bridgehead atoms. The number of aromatic nitrogens is 3. The lowest BCUT2D eigenvalue weighted by atomic mass is 10.1. The van der Waals surface area contributed by atoms with E-state index in [1.54, 1.807) is 0 Å². The molecule has 6 heteroatoms. The highest BCUT2D eigenvalue weighted by atomic mass is 16.5. The first-order valence-electron chi connectivity index (χ1n) is 9.38. The van der Waals surface area contributed by atoms with Gasteiger partial charge in [0.1, 0.15) is 0 Å². The van der Waals surface area contributed by atoms with Crippen molar-refractivity contribution >= 4 is 0 Å². The second kappa shape index (κ2) is 7.93. The van der Waals surface area contributed by atoms with Crippen molar-refractivity contribution in [1.29, 1.82) is 0 Å². The van der Waals surface area contributed by atoms with E-state index in [1.807, 2.05) is 4.68 Å². The minimum absolute atomic E-state index is 0.00667. The van der Waals surface area contributed by atoms with Gasteiger partial charge in [0.25, 0.3) is 0 Å². The molecular formula is C18H32N4O2. The Kier molecular flexibility index (Phi) is 5.89. The maximum atomic E-state index is 6.09. The number of piperidine rings is 1. The number of likely N-dealkylation sites (tertiary alicyclic amines) is 1. The molecule has 2 fully saturated rings. The van der Waals surface area contributed by atoms with Crippen molar-refractivity contribution in [2.24, 2.45) is 0 Å². The molecule has 0 radical (unpaired) electrons. The molecule has 0 spiro atoms. The van der Waals surface area contributed by atoms with Gasteiger partial charge in [-0.25, -0.2) is 4.68 Å². The third-order valence-electron chi connectivity index (χ3n) is 4.94. The Morgan fingerprint density at radius 2 is 2.00 bits per heavy atom. The van der Waals surface area contributed by atoms with Crippen molar-refractivity contribution in [3.05, 3.63) is 11.9 Å². The molecule has 6 nitrogen and oxygen atoms in total. The van der Waals surface area contributed by atoms with Crippen LogP contribution in [0.1, 0.15) is 58.6 Å². The van der Waals surface area contributed by atoms with Gasteiger partial charge < -0.3 is 9.47 Å². The monoisotopic (exact) mass is 336 g/mol. The fourth-order valence-corrected chi connectivity index (χ4v) is 3.34. The van der Waals surface area contributed by atoms with Crippen molar-refractivity contribution < 1.29 is 9.47 Å². The molecule has 1 unspecified atom stereocenters. The molecule has 2 aliphatic heterocycles. The Morgan fingerprint density at radius 1 is 1.21 bits per heavy atom. The van der Waals surface area contributed by atoms with Gasteiger partial charge in [0.05, 0.1) is 36.2 Å². The van der Waals surface area contributed by atoms with Gasteiger partial charge >= 0.3 is 0 Å². The lowest BCUT2D eigenvalue weighted by Crippen LogP contribution is -2.38. The predicted molar refractivity (Wildman–Crippen MR) is 92.9 cm³/mol. The second-order valence-corrected chi connectivity index (χ2v) is 8.12. The highest BCUT2D eigenvalue weighted by molar-refractivity contribution is 4.95. The standard InChI is InChI=1S/C18H32N4O2/c1-18(2,3)22-13-15(19-20-22)12-21-9-7-16(8-10-21)24-14-17-6-4-5-11-23-17/h13,16-17H,4-12,14H2,1-3H3. The molecule has 3 heterocycles. The van der Waals surface area contributed by atoms with Crippen LogP contribution in [0.2, 0.25) is 0 Å². The summed E-state index contributed by atoms with van der Waals surface area (Å²) in [7, 11) is 0. The molecule has 2 aliphatic rings. The highest BCUT2D eigenvalue weighted by Gasteiger charge is 2.23. The molecule has 136 valence electrons. The summed E-state index contributed by atoms with van der Waals surface area (Å²) in [5.74, 6) is 0. The average molecular weight is 336 g/mol. The maximum Gasteiger partial charge on any atom is 0.0967 e. The Hall–Kier alpha value is -0.980. The van der Waals surface area contributed by atoms with Gasteiger partial charge in [0.2, 0.25) is 0 Å². The van der Waals surface area contributed by atoms with E-state index >= 15 is 0 Å². The van der Waals surface area contributed by atoms with Crippen LogP contribution in [0.3, 0.4) is 0 Å². The Morgan fingerprint density at radius 3 is 2.62 bits per heavy atom. The first kappa shape index (κ1) is 17.8. The number of ether oxygens (including phenoxy) is 2. The number of hydrogen-bond donors (Lipinski definition) is 0. The smallest absolute Gasteiger partial charge is 0.0967 e. The maximum absolute atomic E-state index is 6.09. The summed E-state index contributed by atoms with van der Waals surface area (Å²) >= 11 is 0. The van der Waals surface area contributed by atoms with E-state index < -0.39 is 0 Å². The summed E-state index contributed by atoms with van der Waals surface area (Å²) in [5, 5.41) is 8.57. The lowest BCUT2D eigenvalue weighted by molar-refractivity contribution is -0.0753. The van der Waals surface area contributed by atoms with Crippen LogP contribution in [-0.2, 0) is 21.6 Å². The largest absolute Gasteiger partial charge is 0.376 e. The fourth-order valence-electron chi connectivity index (χ4n) is 3.34. The van der Waals surface area contributed by atoms with Crippen molar-refractivity contribution in [1.82, 2.24) is 19.9 Å². The summed E-state index contributed by atoms with van der Waals surface area (Å²) in [5.41, 5.74) is 1.05. The van der Waals surface area contributed by atoms with Crippen molar-refractivity contribution in [2.45, 2.75) is 77.2 Å². The second-order valence-electron chi connectivity index (χ2n) is 8.12. The van der Waals surface area contributed by atoms with Crippen LogP contribution in [0.5, 0.6) is 0 Å². The Labute approximate surface area is 145 Å². The van der Waals surface area contributed by atoms with Crippen LogP contribution in [0.4, 0.5) is 0 Å². The van der Waals surface area contributed by atoms with E-state index in [0.29, 0.717) is 12.2 Å². The molecule has 0 aliphatic carbocycles. The van der Waals surface area contributed by atoms with Gasteiger partial charge in [0, 0.05) is 26.2 Å². The first-order valence-corrected chi connectivity index (χ1v) is 9.38. The zero-order chi connectivity index (χ0) is 17.0. The third kappa shape index (κ3) is 5.01. The van der Waals surface area contributed by atoms with Crippen LogP contribution in [0.15, 0.2) is 6.20 Å². The molecule has 0 saturated carbocycles. The van der Waals surface area contributed by atoms with Gasteiger partial charge in [-0.1, -0.05) is 5.21 Å². The van der Waals surface area contributed by atoms with E-state index in [9.17, 15) is 0 Å². The minimum atomic E-state index is -0.00667. The molecule has 0 aromatic carbocycles. The topological polar surface area (TPSA) is 52.4 Å². The Bertz CT molecular complexity index is 497. The van der Waals surface area contributed by atoms with Crippen molar-refractivity contribution in [3.8, 4) is 0 Å². The van der Waals surface area contributed by atoms with Crippen molar-refractivity contribution in [3.63, 3.8) is 0 Å². The number of rotatable bonds is 5. The summed E-state index contributed by atoms with van der Waals surface area (Å²) < 4.78 is 13.8. The molecule has 2 saturated heterocycles. The van der Waals surface area contributed by atoms with Crippen molar-refractivity contribution in [2.75, 3.05) is 26.3 Å². The molecule has 1 aromatic heterocycles.